The van der Waals surface area contributed by atoms with Gasteiger partial charge in [-0.3, -0.25) is 14.5 Å². The molecule has 4 aliphatic rings. The Morgan fingerprint density at radius 1 is 0.842 bits per heavy atom. The highest BCUT2D eigenvalue weighted by Gasteiger charge is 2.51. The number of benzene rings is 2. The molecule has 2 aromatic carbocycles. The van der Waals surface area contributed by atoms with Crippen molar-refractivity contribution in [3.63, 3.8) is 0 Å². The fourth-order valence-corrected chi connectivity index (χ4v) is 6.54. The number of likely N-dealkylation sites (tertiary alicyclic amines) is 1. The van der Waals surface area contributed by atoms with Crippen LogP contribution in [0.2, 0.25) is 0 Å². The number of ether oxygens (including phenoxy) is 1. The van der Waals surface area contributed by atoms with Crippen molar-refractivity contribution in [2.75, 3.05) is 45.9 Å². The average molecular weight is 517 g/mol. The molecule has 8 nitrogen and oxygen atoms in total. The van der Waals surface area contributed by atoms with Crippen molar-refractivity contribution in [2.24, 2.45) is 0 Å². The highest BCUT2D eigenvalue weighted by atomic mass is 16.6. The number of amides is 3. The highest BCUT2D eigenvalue weighted by molar-refractivity contribution is 6.00. The molecule has 0 radical (unpaired) electrons. The largest absolute Gasteiger partial charge is 0.439 e. The lowest BCUT2D eigenvalue weighted by Crippen LogP contribution is -2.54. The normalized spacial score (nSPS) is 21.4. The molecule has 0 bridgehead atoms. The predicted octanol–water partition coefficient (Wildman–Crippen LogP) is 3.47. The number of carbonyl (C=O) groups excluding carboxylic acids is 3. The predicted molar refractivity (Wildman–Crippen MR) is 142 cm³/mol. The van der Waals surface area contributed by atoms with Crippen LogP contribution < -0.4 is 0 Å². The first-order valence-corrected chi connectivity index (χ1v) is 13.9. The zero-order chi connectivity index (χ0) is 26.1. The molecular weight excluding hydrogens is 480 g/mol. The van der Waals surface area contributed by atoms with E-state index in [1.807, 2.05) is 58.3 Å². The van der Waals surface area contributed by atoms with Crippen molar-refractivity contribution in [2.45, 2.75) is 50.2 Å². The molecule has 3 heterocycles. The minimum absolute atomic E-state index is 0.0449. The summed E-state index contributed by atoms with van der Waals surface area (Å²) in [6.07, 6.45) is 4.67. The molecule has 1 aliphatic carbocycles. The van der Waals surface area contributed by atoms with Gasteiger partial charge in [-0.2, -0.15) is 0 Å². The molecule has 2 aromatic rings. The molecule has 0 aromatic heterocycles. The number of carbonyl (C=O) groups is 3. The minimum Gasteiger partial charge on any atom is -0.439 e. The number of rotatable bonds is 5. The first-order valence-electron chi connectivity index (χ1n) is 13.9. The van der Waals surface area contributed by atoms with E-state index in [1.54, 1.807) is 4.90 Å². The lowest BCUT2D eigenvalue weighted by Gasteiger charge is -2.45. The van der Waals surface area contributed by atoms with Gasteiger partial charge in [0, 0.05) is 57.4 Å². The zero-order valence-electron chi connectivity index (χ0n) is 21.9. The Balaban J connectivity index is 1.06. The van der Waals surface area contributed by atoms with Gasteiger partial charge in [0.15, 0.2) is 6.61 Å². The van der Waals surface area contributed by atoms with Crippen LogP contribution in [-0.2, 0) is 21.6 Å². The molecule has 3 aliphatic heterocycles. The van der Waals surface area contributed by atoms with Gasteiger partial charge < -0.3 is 19.4 Å². The van der Waals surface area contributed by atoms with Crippen LogP contribution in [-0.4, -0.2) is 89.4 Å². The standard InChI is InChI=1S/C30H36N4O4/c35-27(32-19-17-31(18-20-32)24-9-6-10-24)22-38-29(37)33-15-13-30(14-16-33)26-12-5-4-11-25(26)28(36)34(30)21-23-7-2-1-3-8-23/h1-5,7-8,11-12,24H,6,9-10,13-22H2. The lowest BCUT2D eigenvalue weighted by atomic mass is 9.80. The van der Waals surface area contributed by atoms with Crippen molar-refractivity contribution in [1.82, 2.24) is 19.6 Å². The summed E-state index contributed by atoms with van der Waals surface area (Å²) < 4.78 is 5.47. The Morgan fingerprint density at radius 2 is 1.53 bits per heavy atom. The van der Waals surface area contributed by atoms with Crippen molar-refractivity contribution < 1.29 is 19.1 Å². The Kier molecular flexibility index (Phi) is 6.82. The van der Waals surface area contributed by atoms with E-state index in [0.29, 0.717) is 51.6 Å². The molecule has 1 saturated carbocycles. The maximum atomic E-state index is 13.5. The van der Waals surface area contributed by atoms with Crippen LogP contribution in [0.3, 0.4) is 0 Å². The quantitative estimate of drug-likeness (QED) is 0.609. The molecule has 38 heavy (non-hydrogen) atoms. The van der Waals surface area contributed by atoms with E-state index in [2.05, 4.69) is 11.0 Å². The Morgan fingerprint density at radius 3 is 2.21 bits per heavy atom. The van der Waals surface area contributed by atoms with E-state index in [9.17, 15) is 14.4 Å². The molecule has 8 heteroatoms. The molecule has 0 atom stereocenters. The number of piperidine rings is 1. The summed E-state index contributed by atoms with van der Waals surface area (Å²) in [6.45, 7) is 4.46. The highest BCUT2D eigenvalue weighted by Crippen LogP contribution is 2.47. The molecular formula is C30H36N4O4. The van der Waals surface area contributed by atoms with Gasteiger partial charge in [0.1, 0.15) is 0 Å². The fraction of sp³-hybridized carbons (Fsp3) is 0.500. The third-order valence-corrected chi connectivity index (χ3v) is 9.03. The molecule has 1 spiro atoms. The summed E-state index contributed by atoms with van der Waals surface area (Å²) in [5.74, 6) is -0.0760. The summed E-state index contributed by atoms with van der Waals surface area (Å²) in [5.41, 5.74) is 2.44. The number of fused-ring (bicyclic) bond motifs is 2. The van der Waals surface area contributed by atoms with Gasteiger partial charge in [0.05, 0.1) is 5.54 Å². The molecule has 2 saturated heterocycles. The van der Waals surface area contributed by atoms with Crippen LogP contribution in [0.1, 0.15) is 53.6 Å². The Labute approximate surface area is 224 Å². The molecule has 3 fully saturated rings. The Bertz CT molecular complexity index is 1180. The van der Waals surface area contributed by atoms with E-state index in [-0.39, 0.29) is 18.4 Å². The van der Waals surface area contributed by atoms with Crippen LogP contribution in [0, 0.1) is 0 Å². The fourth-order valence-electron chi connectivity index (χ4n) is 6.54. The van der Waals surface area contributed by atoms with Crippen LogP contribution in [0.5, 0.6) is 0 Å². The first kappa shape index (κ1) is 24.9. The molecule has 6 rings (SSSR count). The van der Waals surface area contributed by atoms with Gasteiger partial charge >= 0.3 is 6.09 Å². The van der Waals surface area contributed by atoms with Gasteiger partial charge in [0.2, 0.25) is 0 Å². The third-order valence-electron chi connectivity index (χ3n) is 9.03. The summed E-state index contributed by atoms with van der Waals surface area (Å²) >= 11 is 0. The van der Waals surface area contributed by atoms with Gasteiger partial charge in [-0.25, -0.2) is 4.79 Å². The number of hydrogen-bond donors (Lipinski definition) is 0. The molecule has 0 N–H and O–H groups in total. The third kappa shape index (κ3) is 4.55. The van der Waals surface area contributed by atoms with Crippen LogP contribution in [0.25, 0.3) is 0 Å². The molecule has 0 unspecified atom stereocenters. The van der Waals surface area contributed by atoms with Gasteiger partial charge in [0.25, 0.3) is 11.8 Å². The molecule has 3 amide bonds. The SMILES string of the molecule is O=C(COC(=O)N1CCC2(CC1)c1ccccc1C(=O)N2Cc1ccccc1)N1CCN(C2CCC2)CC1. The van der Waals surface area contributed by atoms with E-state index in [0.717, 1.165) is 29.8 Å². The Hall–Kier alpha value is -3.39. The van der Waals surface area contributed by atoms with Gasteiger partial charge in [-0.15, -0.1) is 0 Å². The van der Waals surface area contributed by atoms with E-state index in [4.69, 9.17) is 4.74 Å². The zero-order valence-corrected chi connectivity index (χ0v) is 21.9. The second-order valence-electron chi connectivity index (χ2n) is 11.0. The summed E-state index contributed by atoms with van der Waals surface area (Å²) in [5, 5.41) is 0. The summed E-state index contributed by atoms with van der Waals surface area (Å²) in [6, 6.07) is 18.6. The number of nitrogens with zero attached hydrogens (tertiary/aromatic N) is 4. The second kappa shape index (κ2) is 10.4. The van der Waals surface area contributed by atoms with Crippen LogP contribution in [0.4, 0.5) is 4.79 Å². The van der Waals surface area contributed by atoms with E-state index in [1.165, 1.54) is 19.3 Å². The number of hydrogen-bond acceptors (Lipinski definition) is 5. The summed E-state index contributed by atoms with van der Waals surface area (Å²) in [7, 11) is 0. The minimum atomic E-state index is -0.450. The van der Waals surface area contributed by atoms with E-state index < -0.39 is 11.6 Å². The van der Waals surface area contributed by atoms with Crippen LogP contribution in [0.15, 0.2) is 54.6 Å². The second-order valence-corrected chi connectivity index (χ2v) is 11.0. The number of piperazine rings is 1. The van der Waals surface area contributed by atoms with Crippen LogP contribution >= 0.6 is 0 Å². The first-order chi connectivity index (χ1) is 18.5. The van der Waals surface area contributed by atoms with Crippen molar-refractivity contribution in [1.29, 1.82) is 0 Å². The lowest BCUT2D eigenvalue weighted by molar-refractivity contribution is -0.137. The monoisotopic (exact) mass is 516 g/mol. The van der Waals surface area contributed by atoms with Crippen molar-refractivity contribution in [3.8, 4) is 0 Å². The summed E-state index contributed by atoms with van der Waals surface area (Å²) in [4.78, 5) is 47.0. The maximum Gasteiger partial charge on any atom is 0.410 e. The van der Waals surface area contributed by atoms with E-state index >= 15 is 0 Å². The van der Waals surface area contributed by atoms with Crippen molar-refractivity contribution in [3.05, 3.63) is 71.3 Å². The topological polar surface area (TPSA) is 73.4 Å². The van der Waals surface area contributed by atoms with Gasteiger partial charge in [-0.1, -0.05) is 55.0 Å². The smallest absolute Gasteiger partial charge is 0.410 e. The van der Waals surface area contributed by atoms with Crippen molar-refractivity contribution >= 4 is 17.9 Å². The molecule has 200 valence electrons. The average Bonchev–Trinajstić information content (AvgIpc) is 3.15. The van der Waals surface area contributed by atoms with Gasteiger partial charge in [-0.05, 0) is 42.9 Å². The maximum absolute atomic E-state index is 13.5.